The van der Waals surface area contributed by atoms with Crippen molar-refractivity contribution in [2.45, 2.75) is 133 Å². The quantitative estimate of drug-likeness (QED) is 0.101. The van der Waals surface area contributed by atoms with E-state index in [0.29, 0.717) is 12.1 Å². The molecule has 0 aliphatic carbocycles. The maximum atomic E-state index is 12.7. The molecule has 1 aliphatic rings. The number of ketones is 1. The number of carboxylic acid groups (broad SMARTS) is 1. The molecule has 1 amide bonds. The van der Waals surface area contributed by atoms with Crippen molar-refractivity contribution in [1.29, 1.82) is 0 Å². The van der Waals surface area contributed by atoms with Crippen molar-refractivity contribution in [3.8, 4) is 0 Å². The van der Waals surface area contributed by atoms with Gasteiger partial charge in [0.25, 0.3) is 5.91 Å². The lowest BCUT2D eigenvalue weighted by Crippen LogP contribution is -2.37. The minimum absolute atomic E-state index is 0.0289. The number of aliphatic carboxylic acids is 1. The SMILES string of the molecule is CCCCCCCCCCCCCCCCCC[C@H](CC(=O)CC1=NN(c2ccccc2)C(=O)C1(Cl)Cl)C(=O)O. The molecule has 8 heteroatoms. The number of carbonyl (C=O) groups excluding carboxylic acids is 2. The van der Waals surface area contributed by atoms with Crippen molar-refractivity contribution in [2.24, 2.45) is 11.0 Å². The van der Waals surface area contributed by atoms with Gasteiger partial charge in [-0.15, -0.1) is 0 Å². The summed E-state index contributed by atoms with van der Waals surface area (Å²) in [6.45, 7) is 2.26. The molecule has 224 valence electrons. The van der Waals surface area contributed by atoms with Gasteiger partial charge >= 0.3 is 5.97 Å². The molecule has 40 heavy (non-hydrogen) atoms. The average Bonchev–Trinajstić information content (AvgIpc) is 3.15. The number of para-hydroxylation sites is 1. The smallest absolute Gasteiger partial charge is 0.306 e. The number of hydrazone groups is 1. The zero-order valence-electron chi connectivity index (χ0n) is 24.2. The van der Waals surface area contributed by atoms with Crippen LogP contribution in [0.5, 0.6) is 0 Å². The molecule has 1 N–H and O–H groups in total. The zero-order chi connectivity index (χ0) is 29.2. The third kappa shape index (κ3) is 12.3. The molecule has 1 aliphatic heterocycles. The second-order valence-corrected chi connectivity index (χ2v) is 12.4. The van der Waals surface area contributed by atoms with E-state index < -0.39 is 22.1 Å². The lowest BCUT2D eigenvalue weighted by atomic mass is 9.93. The molecule has 0 spiro atoms. The van der Waals surface area contributed by atoms with Crippen LogP contribution in [0, 0.1) is 5.92 Å². The first-order valence-electron chi connectivity index (χ1n) is 15.4. The highest BCUT2D eigenvalue weighted by atomic mass is 35.5. The number of unbranched alkanes of at least 4 members (excludes halogenated alkanes) is 15. The highest BCUT2D eigenvalue weighted by Gasteiger charge is 2.49. The molecular formula is C32H48Cl2N2O4. The van der Waals surface area contributed by atoms with E-state index in [4.69, 9.17) is 23.2 Å². The van der Waals surface area contributed by atoms with E-state index in [-0.39, 0.29) is 24.3 Å². The number of carboxylic acids is 1. The standard InChI is InChI=1S/C32H48Cl2N2O4/c1-2-3-4-5-6-7-8-9-10-11-12-13-14-15-16-18-21-26(30(38)39)24-28(37)25-29-32(33,34)31(40)36(35-29)27-22-19-17-20-23-27/h17,19-20,22-23,26H,2-16,18,21,24-25H2,1H3,(H,38,39)/t26-/m1/s1. The molecule has 0 aromatic heterocycles. The summed E-state index contributed by atoms with van der Waals surface area (Å²) in [5.74, 6) is -2.72. The summed E-state index contributed by atoms with van der Waals surface area (Å²) in [5, 5.41) is 14.9. The van der Waals surface area contributed by atoms with Crippen LogP contribution in [0.3, 0.4) is 0 Å². The molecule has 0 unspecified atom stereocenters. The first-order chi connectivity index (χ1) is 19.3. The number of hydrogen-bond donors (Lipinski definition) is 1. The van der Waals surface area contributed by atoms with E-state index in [1.165, 1.54) is 83.5 Å². The van der Waals surface area contributed by atoms with Gasteiger partial charge in [-0.1, -0.05) is 151 Å². The highest BCUT2D eigenvalue weighted by molar-refractivity contribution is 6.71. The number of anilines is 1. The van der Waals surface area contributed by atoms with Crippen LogP contribution < -0.4 is 5.01 Å². The molecule has 6 nitrogen and oxygen atoms in total. The van der Waals surface area contributed by atoms with Gasteiger partial charge < -0.3 is 5.11 Å². The van der Waals surface area contributed by atoms with E-state index >= 15 is 0 Å². The van der Waals surface area contributed by atoms with Gasteiger partial charge in [0, 0.05) is 6.42 Å². The van der Waals surface area contributed by atoms with Gasteiger partial charge in [-0.3, -0.25) is 14.4 Å². The first-order valence-corrected chi connectivity index (χ1v) is 16.1. The van der Waals surface area contributed by atoms with Crippen LogP contribution in [0.1, 0.15) is 129 Å². The molecule has 1 atom stereocenters. The Hall–Kier alpha value is -1.92. The summed E-state index contributed by atoms with van der Waals surface area (Å²) < 4.78 is -1.95. The van der Waals surface area contributed by atoms with Crippen molar-refractivity contribution in [3.05, 3.63) is 30.3 Å². The van der Waals surface area contributed by atoms with Crippen LogP contribution in [-0.4, -0.2) is 32.8 Å². The number of rotatable bonds is 23. The van der Waals surface area contributed by atoms with E-state index in [2.05, 4.69) is 12.0 Å². The monoisotopic (exact) mass is 594 g/mol. The van der Waals surface area contributed by atoms with Crippen LogP contribution in [-0.2, 0) is 14.4 Å². The minimum Gasteiger partial charge on any atom is -0.481 e. The summed E-state index contributed by atoms with van der Waals surface area (Å²) in [4.78, 5) is 37.2. The summed E-state index contributed by atoms with van der Waals surface area (Å²) >= 11 is 12.5. The first kappa shape index (κ1) is 34.3. The van der Waals surface area contributed by atoms with E-state index in [1.807, 2.05) is 0 Å². The molecule has 0 radical (unpaired) electrons. The van der Waals surface area contributed by atoms with Crippen molar-refractivity contribution in [1.82, 2.24) is 0 Å². The average molecular weight is 596 g/mol. The third-order valence-electron chi connectivity index (χ3n) is 7.64. The van der Waals surface area contributed by atoms with Crippen molar-refractivity contribution in [3.63, 3.8) is 0 Å². The highest BCUT2D eigenvalue weighted by Crippen LogP contribution is 2.36. The van der Waals surface area contributed by atoms with Gasteiger partial charge in [0.2, 0.25) is 4.33 Å². The number of benzene rings is 1. The molecule has 0 saturated carbocycles. The lowest BCUT2D eigenvalue weighted by molar-refractivity contribution is -0.144. The Bertz CT molecular complexity index is 936. The molecule has 1 aromatic carbocycles. The van der Waals surface area contributed by atoms with Crippen molar-refractivity contribution in [2.75, 3.05) is 5.01 Å². The Labute approximate surface area is 250 Å². The molecule has 0 saturated heterocycles. The van der Waals surface area contributed by atoms with Crippen LogP contribution >= 0.6 is 23.2 Å². The molecule has 1 aromatic rings. The van der Waals surface area contributed by atoms with Crippen LogP contribution in [0.15, 0.2) is 35.4 Å². The predicted molar refractivity (Wildman–Crippen MR) is 165 cm³/mol. The lowest BCUT2D eigenvalue weighted by Gasteiger charge is -2.16. The van der Waals surface area contributed by atoms with Gasteiger partial charge in [-0.2, -0.15) is 10.1 Å². The van der Waals surface area contributed by atoms with Crippen molar-refractivity contribution >= 4 is 52.3 Å². The number of nitrogens with zero attached hydrogens (tertiary/aromatic N) is 2. The second kappa shape index (κ2) is 19.2. The number of Topliss-reactive ketones (excluding diaryl/α,β-unsaturated/α-hetero) is 1. The van der Waals surface area contributed by atoms with Crippen LogP contribution in [0.4, 0.5) is 5.69 Å². The topological polar surface area (TPSA) is 87.0 Å². The number of hydrogen-bond acceptors (Lipinski definition) is 4. The molecule has 2 rings (SSSR count). The van der Waals surface area contributed by atoms with Gasteiger partial charge in [0.1, 0.15) is 5.78 Å². The van der Waals surface area contributed by atoms with Gasteiger partial charge in [-0.25, -0.2) is 0 Å². The minimum atomic E-state index is -1.95. The zero-order valence-corrected chi connectivity index (χ0v) is 25.7. The Morgan fingerprint density at radius 1 is 0.825 bits per heavy atom. The molecule has 0 fully saturated rings. The van der Waals surface area contributed by atoms with Gasteiger partial charge in [-0.05, 0) is 18.6 Å². The normalized spacial score (nSPS) is 15.3. The van der Waals surface area contributed by atoms with E-state index in [9.17, 15) is 19.5 Å². The fourth-order valence-electron chi connectivity index (χ4n) is 5.16. The number of carbonyl (C=O) groups is 3. The van der Waals surface area contributed by atoms with Gasteiger partial charge in [0.05, 0.1) is 23.7 Å². The number of alkyl halides is 2. The maximum absolute atomic E-state index is 12.7. The molecule has 0 bridgehead atoms. The van der Waals surface area contributed by atoms with Gasteiger partial charge in [0.15, 0.2) is 0 Å². The molecular weight excluding hydrogens is 547 g/mol. The van der Waals surface area contributed by atoms with Crippen molar-refractivity contribution < 1.29 is 19.5 Å². The van der Waals surface area contributed by atoms with E-state index in [1.54, 1.807) is 30.3 Å². The fourth-order valence-corrected chi connectivity index (χ4v) is 5.53. The summed E-state index contributed by atoms with van der Waals surface area (Å²) in [5.41, 5.74) is 0.522. The maximum Gasteiger partial charge on any atom is 0.306 e. The summed E-state index contributed by atoms with van der Waals surface area (Å²) in [6.07, 6.45) is 20.2. The Balaban J connectivity index is 1.59. The third-order valence-corrected chi connectivity index (χ3v) is 8.40. The van der Waals surface area contributed by atoms with Crippen LogP contribution in [0.25, 0.3) is 0 Å². The number of halogens is 2. The summed E-state index contributed by atoms with van der Waals surface area (Å²) in [7, 11) is 0. The Morgan fingerprint density at radius 2 is 1.30 bits per heavy atom. The molecule has 1 heterocycles. The summed E-state index contributed by atoms with van der Waals surface area (Å²) in [6, 6.07) is 8.68. The van der Waals surface area contributed by atoms with Crippen LogP contribution in [0.2, 0.25) is 0 Å². The van der Waals surface area contributed by atoms with E-state index in [0.717, 1.165) is 24.3 Å². The largest absolute Gasteiger partial charge is 0.481 e. The predicted octanol–water partition coefficient (Wildman–Crippen LogP) is 9.26. The Kier molecular flexibility index (Phi) is 16.5. The second-order valence-electron chi connectivity index (χ2n) is 11.1. The number of amides is 1. The fraction of sp³-hybridized carbons (Fsp3) is 0.688. The Morgan fingerprint density at radius 3 is 1.77 bits per heavy atom.